The summed E-state index contributed by atoms with van der Waals surface area (Å²) < 4.78 is 9.98. The molecule has 0 radical (unpaired) electrons. The Labute approximate surface area is 121 Å². The summed E-state index contributed by atoms with van der Waals surface area (Å²) in [6, 6.07) is 7.90. The summed E-state index contributed by atoms with van der Waals surface area (Å²) in [5, 5.41) is 3.34. The molecule has 0 spiro atoms. The van der Waals surface area contributed by atoms with Crippen molar-refractivity contribution >= 4 is 5.97 Å². The minimum Gasteiger partial charge on any atom is -0.497 e. The molecule has 1 unspecified atom stereocenters. The molecule has 0 aliphatic carbocycles. The van der Waals surface area contributed by atoms with Gasteiger partial charge >= 0.3 is 5.97 Å². The van der Waals surface area contributed by atoms with Crippen molar-refractivity contribution in [1.82, 2.24) is 5.32 Å². The van der Waals surface area contributed by atoms with Gasteiger partial charge in [-0.1, -0.05) is 26.0 Å². The van der Waals surface area contributed by atoms with Crippen molar-refractivity contribution in [1.29, 1.82) is 0 Å². The van der Waals surface area contributed by atoms with E-state index in [2.05, 4.69) is 12.2 Å². The monoisotopic (exact) mass is 279 g/mol. The first kappa shape index (κ1) is 16.5. The van der Waals surface area contributed by atoms with E-state index >= 15 is 0 Å². The summed E-state index contributed by atoms with van der Waals surface area (Å²) in [5.41, 5.74) is 1.21. The molecule has 1 rings (SSSR count). The zero-order chi connectivity index (χ0) is 15.1. The molecule has 0 fully saturated rings. The van der Waals surface area contributed by atoms with E-state index in [-0.39, 0.29) is 24.0 Å². The fourth-order valence-corrected chi connectivity index (χ4v) is 2.14. The molecule has 0 aliphatic rings. The summed E-state index contributed by atoms with van der Waals surface area (Å²) >= 11 is 0. The zero-order valence-corrected chi connectivity index (χ0v) is 13.0. The Morgan fingerprint density at radius 2 is 1.75 bits per heavy atom. The molecule has 1 N–H and O–H groups in total. The first-order valence-corrected chi connectivity index (χ1v) is 6.94. The van der Waals surface area contributed by atoms with Crippen molar-refractivity contribution in [3.05, 3.63) is 29.8 Å². The van der Waals surface area contributed by atoms with Crippen LogP contribution in [0.15, 0.2) is 24.3 Å². The number of carbonyl (C=O) groups is 1. The van der Waals surface area contributed by atoms with Crippen LogP contribution in [0.3, 0.4) is 0 Å². The second-order valence-electron chi connectivity index (χ2n) is 5.36. The SMILES string of the molecule is COC(=O)[C@@H](NC(C)Cc1ccc(OC)cc1)C(C)C. The largest absolute Gasteiger partial charge is 0.497 e. The molecule has 0 saturated carbocycles. The van der Waals surface area contributed by atoms with Crippen LogP contribution in [0.25, 0.3) is 0 Å². The average Bonchev–Trinajstić information content (AvgIpc) is 2.44. The van der Waals surface area contributed by atoms with Gasteiger partial charge in [0.15, 0.2) is 0 Å². The van der Waals surface area contributed by atoms with E-state index in [1.807, 2.05) is 38.1 Å². The third-order valence-corrected chi connectivity index (χ3v) is 3.29. The lowest BCUT2D eigenvalue weighted by Gasteiger charge is -2.24. The van der Waals surface area contributed by atoms with Gasteiger partial charge in [0.1, 0.15) is 11.8 Å². The van der Waals surface area contributed by atoms with Crippen molar-refractivity contribution < 1.29 is 14.3 Å². The number of benzene rings is 1. The number of hydrogen-bond acceptors (Lipinski definition) is 4. The van der Waals surface area contributed by atoms with Crippen LogP contribution in [0, 0.1) is 5.92 Å². The standard InChI is InChI=1S/C16H25NO3/c1-11(2)15(16(18)20-5)17-12(3)10-13-6-8-14(19-4)9-7-13/h6-9,11-12,15,17H,10H2,1-5H3/t12?,15-/m0/s1. The molecule has 2 atom stereocenters. The van der Waals surface area contributed by atoms with E-state index in [0.717, 1.165) is 12.2 Å². The molecule has 0 bridgehead atoms. The van der Waals surface area contributed by atoms with Gasteiger partial charge in [-0.2, -0.15) is 0 Å². The fourth-order valence-electron chi connectivity index (χ4n) is 2.14. The minimum atomic E-state index is -0.270. The number of hydrogen-bond donors (Lipinski definition) is 1. The van der Waals surface area contributed by atoms with Gasteiger partial charge < -0.3 is 14.8 Å². The molecular weight excluding hydrogens is 254 g/mol. The third kappa shape index (κ3) is 4.85. The molecule has 0 heterocycles. The molecule has 0 saturated heterocycles. The van der Waals surface area contributed by atoms with Crippen LogP contribution in [-0.4, -0.2) is 32.3 Å². The molecule has 0 amide bonds. The van der Waals surface area contributed by atoms with Gasteiger partial charge in [-0.05, 0) is 37.0 Å². The van der Waals surface area contributed by atoms with Crippen LogP contribution in [0.1, 0.15) is 26.3 Å². The van der Waals surface area contributed by atoms with E-state index < -0.39 is 0 Å². The van der Waals surface area contributed by atoms with E-state index in [0.29, 0.717) is 0 Å². The minimum absolute atomic E-state index is 0.190. The summed E-state index contributed by atoms with van der Waals surface area (Å²) in [6.07, 6.45) is 0.851. The highest BCUT2D eigenvalue weighted by Crippen LogP contribution is 2.13. The van der Waals surface area contributed by atoms with Crippen LogP contribution in [0.5, 0.6) is 5.75 Å². The predicted molar refractivity (Wildman–Crippen MR) is 79.9 cm³/mol. The number of methoxy groups -OCH3 is 2. The van der Waals surface area contributed by atoms with Gasteiger partial charge in [0.05, 0.1) is 14.2 Å². The Bertz CT molecular complexity index is 414. The zero-order valence-electron chi connectivity index (χ0n) is 13.0. The molecule has 1 aromatic rings. The van der Waals surface area contributed by atoms with Crippen molar-refractivity contribution in [2.45, 2.75) is 39.3 Å². The average molecular weight is 279 g/mol. The maximum Gasteiger partial charge on any atom is 0.323 e. The van der Waals surface area contributed by atoms with E-state index in [9.17, 15) is 4.79 Å². The molecular formula is C16H25NO3. The highest BCUT2D eigenvalue weighted by Gasteiger charge is 2.24. The second-order valence-corrected chi connectivity index (χ2v) is 5.36. The van der Waals surface area contributed by atoms with Gasteiger partial charge in [-0.25, -0.2) is 0 Å². The van der Waals surface area contributed by atoms with Gasteiger partial charge in [0.2, 0.25) is 0 Å². The summed E-state index contributed by atoms with van der Waals surface area (Å²) in [6.45, 7) is 6.09. The van der Waals surface area contributed by atoms with Gasteiger partial charge in [-0.3, -0.25) is 4.79 Å². The van der Waals surface area contributed by atoms with Gasteiger partial charge in [0, 0.05) is 6.04 Å². The molecule has 0 aromatic heterocycles. The van der Waals surface area contributed by atoms with Crippen molar-refractivity contribution in [3.63, 3.8) is 0 Å². The quantitative estimate of drug-likeness (QED) is 0.779. The van der Waals surface area contributed by atoms with E-state index in [4.69, 9.17) is 9.47 Å². The molecule has 4 nitrogen and oxygen atoms in total. The number of ether oxygens (including phenoxy) is 2. The predicted octanol–water partition coefficient (Wildman–Crippen LogP) is 2.41. The van der Waals surface area contributed by atoms with Crippen LogP contribution >= 0.6 is 0 Å². The van der Waals surface area contributed by atoms with Gasteiger partial charge in [-0.15, -0.1) is 0 Å². The first-order valence-electron chi connectivity index (χ1n) is 6.94. The smallest absolute Gasteiger partial charge is 0.323 e. The van der Waals surface area contributed by atoms with Crippen LogP contribution < -0.4 is 10.1 Å². The topological polar surface area (TPSA) is 47.6 Å². The fraction of sp³-hybridized carbons (Fsp3) is 0.562. The maximum atomic E-state index is 11.7. The maximum absolute atomic E-state index is 11.7. The summed E-state index contributed by atoms with van der Waals surface area (Å²) in [4.78, 5) is 11.7. The molecule has 4 heteroatoms. The highest BCUT2D eigenvalue weighted by atomic mass is 16.5. The molecule has 112 valence electrons. The Kier molecular flexibility index (Phi) is 6.52. The lowest BCUT2D eigenvalue weighted by Crippen LogP contribution is -2.46. The lowest BCUT2D eigenvalue weighted by atomic mass is 10.0. The van der Waals surface area contributed by atoms with Crippen molar-refractivity contribution in [3.8, 4) is 5.75 Å². The van der Waals surface area contributed by atoms with Crippen molar-refractivity contribution in [2.75, 3.05) is 14.2 Å². The molecule has 20 heavy (non-hydrogen) atoms. The summed E-state index contributed by atoms with van der Waals surface area (Å²) in [5.74, 6) is 0.839. The Hall–Kier alpha value is -1.55. The number of esters is 1. The first-order chi connectivity index (χ1) is 9.47. The van der Waals surface area contributed by atoms with Crippen LogP contribution in [0.2, 0.25) is 0 Å². The van der Waals surface area contributed by atoms with Crippen LogP contribution in [0.4, 0.5) is 0 Å². The Morgan fingerprint density at radius 3 is 2.20 bits per heavy atom. The number of nitrogens with one attached hydrogen (secondary N) is 1. The second kappa shape index (κ2) is 7.90. The van der Waals surface area contributed by atoms with Crippen molar-refractivity contribution in [2.24, 2.45) is 5.92 Å². The molecule has 0 aliphatic heterocycles. The molecule has 1 aromatic carbocycles. The Balaban J connectivity index is 2.60. The van der Waals surface area contributed by atoms with E-state index in [1.165, 1.54) is 12.7 Å². The van der Waals surface area contributed by atoms with E-state index in [1.54, 1.807) is 7.11 Å². The van der Waals surface area contributed by atoms with Crippen LogP contribution in [-0.2, 0) is 16.0 Å². The normalized spacial score (nSPS) is 13.9. The third-order valence-electron chi connectivity index (χ3n) is 3.29. The lowest BCUT2D eigenvalue weighted by molar-refractivity contribution is -0.144. The summed E-state index contributed by atoms with van der Waals surface area (Å²) in [7, 11) is 3.08. The number of carbonyl (C=O) groups excluding carboxylic acids is 1. The Morgan fingerprint density at radius 1 is 1.15 bits per heavy atom. The van der Waals surface area contributed by atoms with Gasteiger partial charge in [0.25, 0.3) is 0 Å². The highest BCUT2D eigenvalue weighted by molar-refractivity contribution is 5.75. The number of rotatable bonds is 7.